The first kappa shape index (κ1) is 14.4. The third-order valence-electron chi connectivity index (χ3n) is 4.14. The van der Waals surface area contributed by atoms with Gasteiger partial charge >= 0.3 is 5.97 Å². The lowest BCUT2D eigenvalue weighted by molar-refractivity contribution is -0.156. The van der Waals surface area contributed by atoms with Gasteiger partial charge in [-0.25, -0.2) is 0 Å². The zero-order valence-corrected chi connectivity index (χ0v) is 12.3. The van der Waals surface area contributed by atoms with Crippen molar-refractivity contribution in [3.8, 4) is 0 Å². The van der Waals surface area contributed by atoms with Crippen LogP contribution in [0.15, 0.2) is 0 Å². The molecule has 19 heavy (non-hydrogen) atoms. The Balaban J connectivity index is 1.83. The third kappa shape index (κ3) is 3.95. The van der Waals surface area contributed by atoms with Crippen LogP contribution in [-0.2, 0) is 14.3 Å². The summed E-state index contributed by atoms with van der Waals surface area (Å²) in [7, 11) is 0. The summed E-state index contributed by atoms with van der Waals surface area (Å²) >= 11 is 0. The van der Waals surface area contributed by atoms with E-state index in [1.807, 2.05) is 0 Å². The normalized spacial score (nSPS) is 30.5. The van der Waals surface area contributed by atoms with Crippen LogP contribution in [0.5, 0.6) is 0 Å². The topological polar surface area (TPSA) is 46.6 Å². The molecular formula is C15H25NO3. The molecule has 0 spiro atoms. The van der Waals surface area contributed by atoms with Crippen LogP contribution in [0.3, 0.4) is 0 Å². The molecule has 0 aromatic rings. The number of nitrogens with zero attached hydrogens (tertiary/aromatic N) is 1. The van der Waals surface area contributed by atoms with Crippen molar-refractivity contribution in [2.24, 2.45) is 11.3 Å². The van der Waals surface area contributed by atoms with E-state index in [2.05, 4.69) is 20.8 Å². The largest absolute Gasteiger partial charge is 0.461 e. The minimum absolute atomic E-state index is 0.0176. The summed E-state index contributed by atoms with van der Waals surface area (Å²) in [6.07, 6.45) is 4.51. The number of amides is 1. The van der Waals surface area contributed by atoms with E-state index in [0.717, 1.165) is 19.3 Å². The molecule has 1 heterocycles. The first-order chi connectivity index (χ1) is 8.85. The van der Waals surface area contributed by atoms with Crippen LogP contribution in [-0.4, -0.2) is 36.0 Å². The molecule has 1 aliphatic heterocycles. The number of carbonyl (C=O) groups is 2. The molecule has 1 aliphatic carbocycles. The summed E-state index contributed by atoms with van der Waals surface area (Å²) in [5.41, 5.74) is 0.242. The van der Waals surface area contributed by atoms with Gasteiger partial charge in [-0.3, -0.25) is 9.59 Å². The Hall–Kier alpha value is -1.06. The molecule has 0 N–H and O–H groups in total. The van der Waals surface area contributed by atoms with E-state index in [9.17, 15) is 9.59 Å². The minimum Gasteiger partial charge on any atom is -0.461 e. The maximum Gasteiger partial charge on any atom is 0.325 e. The van der Waals surface area contributed by atoms with Crippen molar-refractivity contribution in [3.05, 3.63) is 0 Å². The van der Waals surface area contributed by atoms with Gasteiger partial charge in [0.2, 0.25) is 5.91 Å². The number of hydrogen-bond donors (Lipinski definition) is 0. The molecular weight excluding hydrogens is 242 g/mol. The summed E-state index contributed by atoms with van der Waals surface area (Å²) in [6.45, 7) is 7.50. The lowest BCUT2D eigenvalue weighted by Gasteiger charge is -2.38. The number of likely N-dealkylation sites (tertiary alicyclic amines) is 1. The maximum atomic E-state index is 11.9. The second-order valence-electron chi connectivity index (χ2n) is 6.94. The van der Waals surface area contributed by atoms with Gasteiger partial charge in [-0.2, -0.15) is 0 Å². The molecule has 0 radical (unpaired) electrons. The zero-order chi connectivity index (χ0) is 14.0. The number of hydrogen-bond acceptors (Lipinski definition) is 3. The van der Waals surface area contributed by atoms with Crippen LogP contribution in [0.2, 0.25) is 0 Å². The molecule has 4 heteroatoms. The molecule has 1 amide bonds. The van der Waals surface area contributed by atoms with E-state index in [1.165, 1.54) is 6.42 Å². The van der Waals surface area contributed by atoms with Crippen molar-refractivity contribution in [1.29, 1.82) is 0 Å². The highest BCUT2D eigenvalue weighted by molar-refractivity contribution is 5.83. The first-order valence-corrected chi connectivity index (χ1v) is 7.33. The van der Waals surface area contributed by atoms with Gasteiger partial charge in [0.05, 0.1) is 0 Å². The summed E-state index contributed by atoms with van der Waals surface area (Å²) in [5, 5.41) is 0. The Morgan fingerprint density at radius 2 is 2.16 bits per heavy atom. The van der Waals surface area contributed by atoms with Crippen molar-refractivity contribution in [2.45, 2.75) is 59.0 Å². The molecule has 108 valence electrons. The van der Waals surface area contributed by atoms with Gasteiger partial charge in [-0.15, -0.1) is 0 Å². The zero-order valence-electron chi connectivity index (χ0n) is 12.3. The van der Waals surface area contributed by atoms with Crippen LogP contribution < -0.4 is 0 Å². The quantitative estimate of drug-likeness (QED) is 0.737. The fraction of sp³-hybridized carbons (Fsp3) is 0.867. The van der Waals surface area contributed by atoms with E-state index in [-0.39, 0.29) is 29.9 Å². The van der Waals surface area contributed by atoms with E-state index >= 15 is 0 Å². The first-order valence-electron chi connectivity index (χ1n) is 7.33. The highest BCUT2D eigenvalue weighted by atomic mass is 16.5. The van der Waals surface area contributed by atoms with Crippen LogP contribution in [0, 0.1) is 11.3 Å². The van der Waals surface area contributed by atoms with Gasteiger partial charge in [-0.1, -0.05) is 20.8 Å². The van der Waals surface area contributed by atoms with Gasteiger partial charge < -0.3 is 9.64 Å². The van der Waals surface area contributed by atoms with E-state index in [4.69, 9.17) is 4.74 Å². The molecule has 2 aliphatic rings. The van der Waals surface area contributed by atoms with Crippen molar-refractivity contribution in [3.63, 3.8) is 0 Å². The van der Waals surface area contributed by atoms with Gasteiger partial charge in [0, 0.05) is 13.0 Å². The summed E-state index contributed by atoms with van der Waals surface area (Å²) in [5.74, 6) is 0.425. The molecule has 0 aromatic carbocycles. The fourth-order valence-electron chi connectivity index (χ4n) is 3.60. The molecule has 2 rings (SSSR count). The Kier molecular flexibility index (Phi) is 4.16. The monoisotopic (exact) mass is 267 g/mol. The Bertz CT molecular complexity index is 364. The van der Waals surface area contributed by atoms with Crippen LogP contribution >= 0.6 is 0 Å². The smallest absolute Gasteiger partial charge is 0.325 e. The number of rotatable bonds is 3. The summed E-state index contributed by atoms with van der Waals surface area (Å²) in [6, 6.07) is 0. The molecule has 0 bridgehead atoms. The highest BCUT2D eigenvalue weighted by Crippen LogP contribution is 2.39. The predicted octanol–water partition coefficient (Wildman–Crippen LogP) is 2.37. The molecule has 0 aromatic heterocycles. The Morgan fingerprint density at radius 1 is 1.42 bits per heavy atom. The van der Waals surface area contributed by atoms with Gasteiger partial charge in [0.15, 0.2) is 0 Å². The standard InChI is InChI=1S/C15H25NO3/c1-11-7-12(9-15(2,3)8-11)19-14(18)10-16-6-4-5-13(16)17/h11-12H,4-10H2,1-3H3/t11-,12+/m0/s1. The molecule has 0 unspecified atom stereocenters. The molecule has 2 fully saturated rings. The predicted molar refractivity (Wildman–Crippen MR) is 72.5 cm³/mol. The lowest BCUT2D eigenvalue weighted by Crippen LogP contribution is -2.37. The van der Waals surface area contributed by atoms with Gasteiger partial charge in [0.25, 0.3) is 0 Å². The Labute approximate surface area is 115 Å². The number of carbonyl (C=O) groups excluding carboxylic acids is 2. The fourth-order valence-corrected chi connectivity index (χ4v) is 3.60. The van der Waals surface area contributed by atoms with E-state index in [1.54, 1.807) is 4.90 Å². The SMILES string of the molecule is C[C@H]1C[C@@H](OC(=O)CN2CCCC2=O)CC(C)(C)C1. The molecule has 1 saturated carbocycles. The third-order valence-corrected chi connectivity index (χ3v) is 4.14. The summed E-state index contributed by atoms with van der Waals surface area (Å²) < 4.78 is 5.57. The van der Waals surface area contributed by atoms with Crippen molar-refractivity contribution in [2.75, 3.05) is 13.1 Å². The molecule has 1 saturated heterocycles. The average Bonchev–Trinajstić information content (AvgIpc) is 2.60. The second-order valence-corrected chi connectivity index (χ2v) is 6.94. The van der Waals surface area contributed by atoms with E-state index < -0.39 is 0 Å². The Morgan fingerprint density at radius 3 is 2.74 bits per heavy atom. The van der Waals surface area contributed by atoms with Crippen LogP contribution in [0.4, 0.5) is 0 Å². The number of esters is 1. The maximum absolute atomic E-state index is 11.9. The molecule has 4 nitrogen and oxygen atoms in total. The van der Waals surface area contributed by atoms with Crippen LogP contribution in [0.25, 0.3) is 0 Å². The number of ether oxygens (including phenoxy) is 1. The van der Waals surface area contributed by atoms with Gasteiger partial charge in [0.1, 0.15) is 12.6 Å². The van der Waals surface area contributed by atoms with Crippen molar-refractivity contribution >= 4 is 11.9 Å². The van der Waals surface area contributed by atoms with Crippen molar-refractivity contribution in [1.82, 2.24) is 4.90 Å². The average molecular weight is 267 g/mol. The summed E-state index contributed by atoms with van der Waals surface area (Å²) in [4.78, 5) is 25.0. The lowest BCUT2D eigenvalue weighted by atomic mass is 9.71. The van der Waals surface area contributed by atoms with Crippen molar-refractivity contribution < 1.29 is 14.3 Å². The van der Waals surface area contributed by atoms with E-state index in [0.29, 0.717) is 18.9 Å². The minimum atomic E-state index is -0.245. The van der Waals surface area contributed by atoms with Gasteiger partial charge in [-0.05, 0) is 37.0 Å². The molecule has 2 atom stereocenters. The second kappa shape index (κ2) is 5.51. The van der Waals surface area contributed by atoms with Crippen LogP contribution in [0.1, 0.15) is 52.9 Å². The highest BCUT2D eigenvalue weighted by Gasteiger charge is 2.34.